The number of rotatable bonds is 7. The Hall–Kier alpha value is -1.46. The van der Waals surface area contributed by atoms with Crippen molar-refractivity contribution in [3.63, 3.8) is 0 Å². The second-order valence-corrected chi connectivity index (χ2v) is 4.69. The van der Waals surface area contributed by atoms with Gasteiger partial charge in [0.05, 0.1) is 13.2 Å². The molecule has 1 amide bonds. The summed E-state index contributed by atoms with van der Waals surface area (Å²) in [6.07, 6.45) is 0. The first-order valence-corrected chi connectivity index (χ1v) is 6.23. The van der Waals surface area contributed by atoms with E-state index >= 15 is 0 Å². The van der Waals surface area contributed by atoms with Crippen LogP contribution in [0.2, 0.25) is 0 Å². The Kier molecular flexibility index (Phi) is 6.45. The zero-order valence-corrected chi connectivity index (χ0v) is 11.6. The number of methoxy groups -OCH3 is 1. The first-order chi connectivity index (χ1) is 9.02. The average molecular weight is 268 g/mol. The van der Waals surface area contributed by atoms with E-state index in [9.17, 15) is 9.18 Å². The molecule has 0 aliphatic heterocycles. The van der Waals surface area contributed by atoms with Crippen molar-refractivity contribution in [1.82, 2.24) is 10.2 Å². The Morgan fingerprint density at radius 1 is 1.47 bits per heavy atom. The number of carbonyl (C=O) groups is 1. The Balaban J connectivity index is 2.41. The van der Waals surface area contributed by atoms with Crippen molar-refractivity contribution in [3.05, 3.63) is 35.6 Å². The maximum Gasteiger partial charge on any atom is 0.234 e. The van der Waals surface area contributed by atoms with E-state index in [2.05, 4.69) is 5.32 Å². The molecule has 0 saturated carbocycles. The van der Waals surface area contributed by atoms with Crippen molar-refractivity contribution >= 4 is 5.91 Å². The Morgan fingerprint density at radius 2 is 2.16 bits per heavy atom. The number of amides is 1. The molecule has 0 aromatic heterocycles. The first-order valence-electron chi connectivity index (χ1n) is 6.23. The van der Waals surface area contributed by atoms with Gasteiger partial charge >= 0.3 is 0 Å². The zero-order valence-electron chi connectivity index (χ0n) is 11.6. The van der Waals surface area contributed by atoms with Crippen LogP contribution in [0.5, 0.6) is 0 Å². The fourth-order valence-electron chi connectivity index (χ4n) is 1.83. The number of likely N-dealkylation sites (N-methyl/N-ethyl adjacent to an activating group) is 1. The van der Waals surface area contributed by atoms with Crippen LogP contribution in [0.1, 0.15) is 12.5 Å². The molecule has 0 saturated heterocycles. The molecule has 19 heavy (non-hydrogen) atoms. The van der Waals surface area contributed by atoms with Crippen molar-refractivity contribution in [1.29, 1.82) is 0 Å². The van der Waals surface area contributed by atoms with Gasteiger partial charge in [0.2, 0.25) is 5.91 Å². The summed E-state index contributed by atoms with van der Waals surface area (Å²) in [4.78, 5) is 13.5. The summed E-state index contributed by atoms with van der Waals surface area (Å²) in [5.74, 6) is -0.342. The predicted molar refractivity (Wildman–Crippen MR) is 72.2 cm³/mol. The van der Waals surface area contributed by atoms with E-state index in [0.29, 0.717) is 18.7 Å². The number of nitrogens with one attached hydrogen (secondary N) is 1. The Bertz CT molecular complexity index is 412. The van der Waals surface area contributed by atoms with Crippen molar-refractivity contribution in [2.45, 2.75) is 19.5 Å². The summed E-state index contributed by atoms with van der Waals surface area (Å²) < 4.78 is 18.4. The molecule has 1 aromatic rings. The van der Waals surface area contributed by atoms with Gasteiger partial charge in [-0.1, -0.05) is 18.2 Å². The van der Waals surface area contributed by atoms with Crippen molar-refractivity contribution in [3.8, 4) is 0 Å². The number of carbonyl (C=O) groups excluding carboxylic acids is 1. The molecule has 4 nitrogen and oxygen atoms in total. The van der Waals surface area contributed by atoms with E-state index in [1.54, 1.807) is 37.3 Å². The number of hydrogen-bond acceptors (Lipinski definition) is 3. The molecular formula is C14H21FN2O2. The lowest BCUT2D eigenvalue weighted by molar-refractivity contribution is -0.123. The van der Waals surface area contributed by atoms with E-state index in [1.807, 2.05) is 6.92 Å². The number of benzene rings is 1. The molecule has 1 atom stereocenters. The van der Waals surface area contributed by atoms with E-state index in [0.717, 1.165) is 0 Å². The minimum Gasteiger partial charge on any atom is -0.383 e. The third kappa shape index (κ3) is 5.81. The number of hydrogen-bond donors (Lipinski definition) is 1. The average Bonchev–Trinajstić information content (AvgIpc) is 2.31. The van der Waals surface area contributed by atoms with Gasteiger partial charge in [0, 0.05) is 25.3 Å². The third-order valence-corrected chi connectivity index (χ3v) is 2.64. The van der Waals surface area contributed by atoms with Gasteiger partial charge in [0.15, 0.2) is 0 Å². The molecule has 0 aliphatic rings. The number of halogens is 1. The fraction of sp³-hybridized carbons (Fsp3) is 0.500. The molecule has 0 heterocycles. The highest BCUT2D eigenvalue weighted by molar-refractivity contribution is 5.78. The van der Waals surface area contributed by atoms with Crippen LogP contribution in [-0.4, -0.2) is 44.2 Å². The quantitative estimate of drug-likeness (QED) is 0.813. The monoisotopic (exact) mass is 268 g/mol. The SMILES string of the molecule is COC[C@H](C)NC(=O)CN(C)Cc1ccccc1F. The van der Waals surface area contributed by atoms with Crippen molar-refractivity contribution < 1.29 is 13.9 Å². The van der Waals surface area contributed by atoms with Crippen LogP contribution in [0.3, 0.4) is 0 Å². The van der Waals surface area contributed by atoms with Gasteiger partial charge in [-0.05, 0) is 20.0 Å². The molecule has 1 rings (SSSR count). The maximum atomic E-state index is 13.5. The largest absolute Gasteiger partial charge is 0.383 e. The van der Waals surface area contributed by atoms with Crippen LogP contribution in [0, 0.1) is 5.82 Å². The minimum atomic E-state index is -0.248. The lowest BCUT2D eigenvalue weighted by Gasteiger charge is -2.19. The summed E-state index contributed by atoms with van der Waals surface area (Å²) in [6, 6.07) is 6.55. The zero-order chi connectivity index (χ0) is 14.3. The molecule has 1 aromatic carbocycles. The van der Waals surface area contributed by atoms with Gasteiger partial charge in [0.1, 0.15) is 5.82 Å². The minimum absolute atomic E-state index is 0.0284. The van der Waals surface area contributed by atoms with Gasteiger partial charge in [-0.3, -0.25) is 9.69 Å². The normalized spacial score (nSPS) is 12.5. The highest BCUT2D eigenvalue weighted by atomic mass is 19.1. The fourth-order valence-corrected chi connectivity index (χ4v) is 1.83. The molecule has 0 radical (unpaired) electrons. The smallest absolute Gasteiger partial charge is 0.234 e. The van der Waals surface area contributed by atoms with E-state index in [-0.39, 0.29) is 24.3 Å². The first kappa shape index (κ1) is 15.6. The van der Waals surface area contributed by atoms with Gasteiger partial charge in [-0.15, -0.1) is 0 Å². The lowest BCUT2D eigenvalue weighted by atomic mass is 10.2. The molecular weight excluding hydrogens is 247 g/mol. The van der Waals surface area contributed by atoms with E-state index in [1.165, 1.54) is 6.07 Å². The second kappa shape index (κ2) is 7.86. The van der Waals surface area contributed by atoms with Crippen LogP contribution in [0.15, 0.2) is 24.3 Å². The second-order valence-electron chi connectivity index (χ2n) is 4.69. The van der Waals surface area contributed by atoms with Gasteiger partial charge in [-0.25, -0.2) is 4.39 Å². The third-order valence-electron chi connectivity index (χ3n) is 2.64. The van der Waals surface area contributed by atoms with Gasteiger partial charge < -0.3 is 10.1 Å². The highest BCUT2D eigenvalue weighted by Crippen LogP contribution is 2.08. The van der Waals surface area contributed by atoms with Crippen LogP contribution >= 0.6 is 0 Å². The summed E-state index contributed by atoms with van der Waals surface area (Å²) in [6.45, 7) is 2.97. The van der Waals surface area contributed by atoms with Crippen molar-refractivity contribution in [2.75, 3.05) is 27.3 Å². The standard InChI is InChI=1S/C14H21FN2O2/c1-11(10-19-3)16-14(18)9-17(2)8-12-6-4-5-7-13(12)15/h4-7,11H,8-10H2,1-3H3,(H,16,18)/t11-/m0/s1. The molecule has 0 aliphatic carbocycles. The number of nitrogens with zero attached hydrogens (tertiary/aromatic N) is 1. The van der Waals surface area contributed by atoms with Crippen LogP contribution in [0.4, 0.5) is 4.39 Å². The van der Waals surface area contributed by atoms with Gasteiger partial charge in [0.25, 0.3) is 0 Å². The molecule has 0 bridgehead atoms. The summed E-state index contributed by atoms with van der Waals surface area (Å²) in [5, 5.41) is 2.81. The van der Waals surface area contributed by atoms with Gasteiger partial charge in [-0.2, -0.15) is 0 Å². The molecule has 0 spiro atoms. The molecule has 5 heteroatoms. The Labute approximate surface area is 113 Å². The highest BCUT2D eigenvalue weighted by Gasteiger charge is 2.11. The van der Waals surface area contributed by atoms with Crippen LogP contribution < -0.4 is 5.32 Å². The number of ether oxygens (including phenoxy) is 1. The summed E-state index contributed by atoms with van der Waals surface area (Å²) >= 11 is 0. The van der Waals surface area contributed by atoms with E-state index < -0.39 is 0 Å². The maximum absolute atomic E-state index is 13.5. The topological polar surface area (TPSA) is 41.6 Å². The summed E-state index contributed by atoms with van der Waals surface area (Å²) in [7, 11) is 3.37. The molecule has 0 fully saturated rings. The Morgan fingerprint density at radius 3 is 2.79 bits per heavy atom. The van der Waals surface area contributed by atoms with E-state index in [4.69, 9.17) is 4.74 Å². The van der Waals surface area contributed by atoms with Crippen LogP contribution in [0.25, 0.3) is 0 Å². The molecule has 106 valence electrons. The lowest BCUT2D eigenvalue weighted by Crippen LogP contribution is -2.41. The molecule has 1 N–H and O–H groups in total. The molecule has 0 unspecified atom stereocenters. The van der Waals surface area contributed by atoms with Crippen molar-refractivity contribution in [2.24, 2.45) is 0 Å². The summed E-state index contributed by atoms with van der Waals surface area (Å²) in [5.41, 5.74) is 0.586. The van der Waals surface area contributed by atoms with Crippen LogP contribution in [-0.2, 0) is 16.1 Å². The predicted octanol–water partition coefficient (Wildman–Crippen LogP) is 1.41.